The maximum absolute atomic E-state index is 6.30. The van der Waals surface area contributed by atoms with Gasteiger partial charge in [-0.1, -0.05) is 12.1 Å². The Morgan fingerprint density at radius 3 is 2.57 bits per heavy atom. The summed E-state index contributed by atoms with van der Waals surface area (Å²) in [5.74, 6) is 2.44. The zero-order valence-electron chi connectivity index (χ0n) is 12.2. The SMILES string of the molecule is COc1cccc(C2C[C@H](N)c3cc(OC)ccc3O2)c1. The lowest BCUT2D eigenvalue weighted by Crippen LogP contribution is -2.24. The molecule has 2 aromatic rings. The minimum absolute atomic E-state index is 0.0593. The van der Waals surface area contributed by atoms with Crippen LogP contribution in [0.3, 0.4) is 0 Å². The molecule has 1 unspecified atom stereocenters. The van der Waals surface area contributed by atoms with Crippen LogP contribution in [0.15, 0.2) is 42.5 Å². The predicted octanol–water partition coefficient (Wildman–Crippen LogP) is 3.23. The molecule has 3 rings (SSSR count). The lowest BCUT2D eigenvalue weighted by Gasteiger charge is -2.31. The Balaban J connectivity index is 1.90. The molecule has 1 aliphatic heterocycles. The molecule has 0 aliphatic carbocycles. The monoisotopic (exact) mass is 285 g/mol. The van der Waals surface area contributed by atoms with Gasteiger partial charge in [0.25, 0.3) is 0 Å². The molecule has 2 N–H and O–H groups in total. The van der Waals surface area contributed by atoms with Gasteiger partial charge in [0.15, 0.2) is 0 Å². The van der Waals surface area contributed by atoms with Crippen molar-refractivity contribution in [2.45, 2.75) is 18.6 Å². The predicted molar refractivity (Wildman–Crippen MR) is 80.9 cm³/mol. The number of rotatable bonds is 3. The van der Waals surface area contributed by atoms with Crippen LogP contribution in [0.25, 0.3) is 0 Å². The van der Waals surface area contributed by atoms with Gasteiger partial charge in [-0.2, -0.15) is 0 Å². The van der Waals surface area contributed by atoms with E-state index in [-0.39, 0.29) is 12.1 Å². The van der Waals surface area contributed by atoms with E-state index in [9.17, 15) is 0 Å². The first kappa shape index (κ1) is 13.8. The summed E-state index contributed by atoms with van der Waals surface area (Å²) in [6.07, 6.45) is 0.670. The first-order valence-electron chi connectivity index (χ1n) is 6.95. The molecule has 0 radical (unpaired) electrons. The Morgan fingerprint density at radius 1 is 1.05 bits per heavy atom. The fourth-order valence-electron chi connectivity index (χ4n) is 2.66. The Labute approximate surface area is 124 Å². The van der Waals surface area contributed by atoms with E-state index in [4.69, 9.17) is 19.9 Å². The van der Waals surface area contributed by atoms with Crippen molar-refractivity contribution in [1.82, 2.24) is 0 Å². The van der Waals surface area contributed by atoms with E-state index in [2.05, 4.69) is 0 Å². The van der Waals surface area contributed by atoms with E-state index in [1.54, 1.807) is 14.2 Å². The van der Waals surface area contributed by atoms with Gasteiger partial charge >= 0.3 is 0 Å². The molecule has 1 heterocycles. The molecule has 0 fully saturated rings. The van der Waals surface area contributed by atoms with Crippen molar-refractivity contribution >= 4 is 0 Å². The largest absolute Gasteiger partial charge is 0.497 e. The van der Waals surface area contributed by atoms with Crippen LogP contribution in [0.4, 0.5) is 0 Å². The summed E-state index contributed by atoms with van der Waals surface area (Å²) in [6, 6.07) is 13.6. The number of fused-ring (bicyclic) bond motifs is 1. The molecule has 0 saturated heterocycles. The van der Waals surface area contributed by atoms with Crippen molar-refractivity contribution in [3.63, 3.8) is 0 Å². The Morgan fingerprint density at radius 2 is 1.81 bits per heavy atom. The summed E-state index contributed by atoms with van der Waals surface area (Å²) in [7, 11) is 3.31. The van der Waals surface area contributed by atoms with Crippen molar-refractivity contribution in [3.05, 3.63) is 53.6 Å². The third kappa shape index (κ3) is 2.67. The second-order valence-electron chi connectivity index (χ2n) is 5.13. The van der Waals surface area contributed by atoms with E-state index in [1.165, 1.54) is 0 Å². The molecule has 0 saturated carbocycles. The highest BCUT2D eigenvalue weighted by molar-refractivity contribution is 5.44. The van der Waals surface area contributed by atoms with E-state index >= 15 is 0 Å². The quantitative estimate of drug-likeness (QED) is 0.940. The molecule has 0 bridgehead atoms. The van der Waals surface area contributed by atoms with Crippen molar-refractivity contribution in [3.8, 4) is 17.2 Å². The molecule has 1 aliphatic rings. The van der Waals surface area contributed by atoms with Crippen molar-refractivity contribution < 1.29 is 14.2 Å². The van der Waals surface area contributed by atoms with Crippen LogP contribution in [-0.4, -0.2) is 14.2 Å². The number of hydrogen-bond acceptors (Lipinski definition) is 4. The zero-order chi connectivity index (χ0) is 14.8. The van der Waals surface area contributed by atoms with Gasteiger partial charge in [-0.15, -0.1) is 0 Å². The van der Waals surface area contributed by atoms with E-state index in [0.29, 0.717) is 0 Å². The smallest absolute Gasteiger partial charge is 0.126 e. The van der Waals surface area contributed by atoms with Gasteiger partial charge in [0, 0.05) is 18.0 Å². The average molecular weight is 285 g/mol. The Hall–Kier alpha value is -2.20. The van der Waals surface area contributed by atoms with E-state index < -0.39 is 0 Å². The van der Waals surface area contributed by atoms with Gasteiger partial charge in [0.1, 0.15) is 23.4 Å². The summed E-state index contributed by atoms with van der Waals surface area (Å²) < 4.78 is 16.6. The summed E-state index contributed by atoms with van der Waals surface area (Å²) in [4.78, 5) is 0. The summed E-state index contributed by atoms with van der Waals surface area (Å²) in [6.45, 7) is 0. The average Bonchev–Trinajstić information content (AvgIpc) is 2.54. The molecular formula is C17H19NO3. The highest BCUT2D eigenvalue weighted by Crippen LogP contribution is 2.41. The Kier molecular flexibility index (Phi) is 3.71. The lowest BCUT2D eigenvalue weighted by molar-refractivity contribution is 0.161. The van der Waals surface area contributed by atoms with Gasteiger partial charge < -0.3 is 19.9 Å². The van der Waals surface area contributed by atoms with E-state index in [0.717, 1.165) is 34.8 Å². The molecule has 4 heteroatoms. The minimum atomic E-state index is -0.0694. The van der Waals surface area contributed by atoms with E-state index in [1.807, 2.05) is 42.5 Å². The number of ether oxygens (including phenoxy) is 3. The maximum atomic E-state index is 6.30. The first-order valence-corrected chi connectivity index (χ1v) is 6.95. The van der Waals surface area contributed by atoms with Gasteiger partial charge in [-0.25, -0.2) is 0 Å². The standard InChI is InChI=1S/C17H19NO3/c1-19-12-5-3-4-11(8-12)17-10-15(18)14-9-13(20-2)6-7-16(14)21-17/h3-9,15,17H,10,18H2,1-2H3/t15-,17?/m0/s1. The third-order valence-corrected chi connectivity index (χ3v) is 3.82. The number of benzene rings is 2. The van der Waals surface area contributed by atoms with Crippen LogP contribution in [0.2, 0.25) is 0 Å². The van der Waals surface area contributed by atoms with Crippen LogP contribution in [-0.2, 0) is 0 Å². The van der Waals surface area contributed by atoms with Crippen LogP contribution in [0, 0.1) is 0 Å². The number of nitrogens with two attached hydrogens (primary N) is 1. The number of hydrogen-bond donors (Lipinski definition) is 1. The molecule has 2 atom stereocenters. The summed E-state index contributed by atoms with van der Waals surface area (Å²) >= 11 is 0. The molecule has 0 amide bonds. The van der Waals surface area contributed by atoms with Crippen LogP contribution in [0.1, 0.15) is 29.7 Å². The molecular weight excluding hydrogens is 266 g/mol. The summed E-state index contributed by atoms with van der Waals surface area (Å²) in [5.41, 5.74) is 8.37. The van der Waals surface area contributed by atoms with Gasteiger partial charge in [-0.05, 0) is 35.9 Å². The van der Waals surface area contributed by atoms with Gasteiger partial charge in [0.05, 0.1) is 14.2 Å². The molecule has 0 spiro atoms. The molecule has 2 aromatic carbocycles. The molecule has 0 aromatic heterocycles. The second-order valence-corrected chi connectivity index (χ2v) is 5.13. The molecule has 110 valence electrons. The van der Waals surface area contributed by atoms with Crippen LogP contribution < -0.4 is 19.9 Å². The van der Waals surface area contributed by atoms with Crippen LogP contribution in [0.5, 0.6) is 17.2 Å². The fraction of sp³-hybridized carbons (Fsp3) is 0.294. The van der Waals surface area contributed by atoms with Crippen LogP contribution >= 0.6 is 0 Å². The van der Waals surface area contributed by atoms with Crippen molar-refractivity contribution in [2.24, 2.45) is 5.73 Å². The highest BCUT2D eigenvalue weighted by atomic mass is 16.5. The third-order valence-electron chi connectivity index (χ3n) is 3.82. The van der Waals surface area contributed by atoms with Gasteiger partial charge in [-0.3, -0.25) is 0 Å². The van der Waals surface area contributed by atoms with Gasteiger partial charge in [0.2, 0.25) is 0 Å². The number of methoxy groups -OCH3 is 2. The summed E-state index contributed by atoms with van der Waals surface area (Å²) in [5, 5.41) is 0. The topological polar surface area (TPSA) is 53.7 Å². The van der Waals surface area contributed by atoms with Crippen molar-refractivity contribution in [1.29, 1.82) is 0 Å². The molecule has 21 heavy (non-hydrogen) atoms. The first-order chi connectivity index (χ1) is 10.2. The fourth-order valence-corrected chi connectivity index (χ4v) is 2.66. The second kappa shape index (κ2) is 5.66. The lowest BCUT2D eigenvalue weighted by atomic mass is 9.93. The highest BCUT2D eigenvalue weighted by Gasteiger charge is 2.27. The normalized spacial score (nSPS) is 20.3. The zero-order valence-corrected chi connectivity index (χ0v) is 12.2. The Bertz CT molecular complexity index is 642. The maximum Gasteiger partial charge on any atom is 0.126 e. The molecule has 4 nitrogen and oxygen atoms in total. The minimum Gasteiger partial charge on any atom is -0.497 e. The van der Waals surface area contributed by atoms with Crippen molar-refractivity contribution in [2.75, 3.05) is 14.2 Å².